The highest BCUT2D eigenvalue weighted by Crippen LogP contribution is 2.29. The summed E-state index contributed by atoms with van der Waals surface area (Å²) in [7, 11) is 1.65. The number of aromatic nitrogens is 10. The van der Waals surface area contributed by atoms with Crippen LogP contribution < -0.4 is 10.6 Å². The van der Waals surface area contributed by atoms with Crippen molar-refractivity contribution < 1.29 is 9.84 Å². The molecule has 6 rings (SSSR count). The van der Waals surface area contributed by atoms with Crippen LogP contribution in [-0.2, 0) is 18.0 Å². The number of rotatable bonds is 9. The van der Waals surface area contributed by atoms with E-state index in [2.05, 4.69) is 60.9 Å². The summed E-state index contributed by atoms with van der Waals surface area (Å²) >= 11 is 2.93. The molecule has 0 amide bonds. The van der Waals surface area contributed by atoms with E-state index in [1.807, 2.05) is 36.7 Å². The molecule has 6 aromatic rings. The van der Waals surface area contributed by atoms with E-state index in [9.17, 15) is 5.11 Å². The molecule has 0 aliphatic heterocycles. The lowest BCUT2D eigenvalue weighted by Crippen LogP contribution is -1.97. The maximum atomic E-state index is 9.21. The monoisotopic (exact) mass is 590 g/mol. The second-order valence-electron chi connectivity index (χ2n) is 8.48. The molecule has 6 heterocycles. The lowest BCUT2D eigenvalue weighted by Gasteiger charge is -2.01. The van der Waals surface area contributed by atoms with E-state index in [-0.39, 0.29) is 6.61 Å². The van der Waals surface area contributed by atoms with Crippen molar-refractivity contribution in [1.82, 2.24) is 50.3 Å². The maximum absolute atomic E-state index is 9.21. The van der Waals surface area contributed by atoms with Gasteiger partial charge in [-0.2, -0.15) is 10.2 Å². The molecule has 14 nitrogen and oxygen atoms in total. The van der Waals surface area contributed by atoms with Gasteiger partial charge in [0.05, 0.1) is 48.4 Å². The van der Waals surface area contributed by atoms with Gasteiger partial charge in [-0.3, -0.25) is 10.2 Å². The first-order valence-electron chi connectivity index (χ1n) is 12.2. The maximum Gasteiger partial charge on any atom is 0.229 e. The fraction of sp³-hybridized carbons (Fsp3) is 0.200. The number of aliphatic hydroxyl groups excluding tert-OH is 1. The van der Waals surface area contributed by atoms with Crippen LogP contribution in [0.4, 0.5) is 22.2 Å². The molecule has 6 aromatic heterocycles. The third-order valence-corrected chi connectivity index (χ3v) is 6.99. The van der Waals surface area contributed by atoms with Crippen LogP contribution in [0.1, 0.15) is 22.8 Å². The quantitative estimate of drug-likeness (QED) is 0.160. The third-order valence-electron chi connectivity index (χ3n) is 5.47. The Bertz CT molecular complexity index is 1710. The zero-order valence-electron chi connectivity index (χ0n) is 22.3. The Hall–Kier alpha value is -4.64. The zero-order valence-corrected chi connectivity index (χ0v) is 23.9. The molecule has 0 atom stereocenters. The molecule has 0 unspecified atom stereocenters. The number of aliphatic hydroxyl groups is 1. The second-order valence-corrected chi connectivity index (χ2v) is 10.2. The van der Waals surface area contributed by atoms with E-state index in [0.717, 1.165) is 44.7 Å². The number of anilines is 4. The summed E-state index contributed by atoms with van der Waals surface area (Å²) in [6.45, 7) is 4.19. The Balaban J connectivity index is 0.000000165. The topological polar surface area (TPSA) is 188 Å². The molecule has 0 radical (unpaired) electrons. The van der Waals surface area contributed by atoms with E-state index in [0.29, 0.717) is 29.3 Å². The van der Waals surface area contributed by atoms with Gasteiger partial charge in [-0.15, -0.1) is 22.7 Å². The van der Waals surface area contributed by atoms with Gasteiger partial charge in [-0.05, 0) is 26.0 Å². The zero-order chi connectivity index (χ0) is 28.6. The van der Waals surface area contributed by atoms with E-state index in [1.54, 1.807) is 31.9 Å². The van der Waals surface area contributed by atoms with Crippen molar-refractivity contribution in [2.75, 3.05) is 17.7 Å². The average Bonchev–Trinajstić information content (AvgIpc) is 3.77. The van der Waals surface area contributed by atoms with Crippen LogP contribution in [-0.4, -0.2) is 62.5 Å². The second kappa shape index (κ2) is 13.1. The first-order valence-corrected chi connectivity index (χ1v) is 14.0. The number of hydrogen-bond acceptors (Lipinski definition) is 14. The SMILES string of the molecule is COCc1[nH]ncc1-c1csc(Nc2nccc(C)n2)n1.Cc1ccnc(Nc2nc(-c3cn[nH]c3CO)cs2)n1. The molecule has 210 valence electrons. The minimum absolute atomic E-state index is 0.101. The largest absolute Gasteiger partial charge is 0.390 e. The van der Waals surface area contributed by atoms with Crippen LogP contribution in [0.3, 0.4) is 0 Å². The summed E-state index contributed by atoms with van der Waals surface area (Å²) in [4.78, 5) is 25.8. The Kier molecular flexibility index (Phi) is 8.95. The fourth-order valence-corrected chi connectivity index (χ4v) is 4.97. The highest BCUT2D eigenvalue weighted by molar-refractivity contribution is 7.14. The molecule has 0 aliphatic rings. The number of nitrogens with zero attached hydrogens (tertiary/aromatic N) is 8. The van der Waals surface area contributed by atoms with Crippen LogP contribution in [0.5, 0.6) is 0 Å². The molecule has 41 heavy (non-hydrogen) atoms. The number of nitrogens with one attached hydrogen (secondary N) is 4. The molecule has 5 N–H and O–H groups in total. The number of ether oxygens (including phenoxy) is 1. The minimum Gasteiger partial charge on any atom is -0.390 e. The molecule has 0 bridgehead atoms. The molecule has 0 saturated carbocycles. The third kappa shape index (κ3) is 7.12. The number of methoxy groups -OCH3 is 1. The molecule has 0 aliphatic carbocycles. The fourth-order valence-electron chi connectivity index (χ4n) is 3.56. The number of H-pyrrole nitrogens is 2. The highest BCUT2D eigenvalue weighted by atomic mass is 32.1. The van der Waals surface area contributed by atoms with Crippen molar-refractivity contribution in [2.45, 2.75) is 27.1 Å². The van der Waals surface area contributed by atoms with E-state index in [1.165, 1.54) is 22.7 Å². The van der Waals surface area contributed by atoms with Crippen molar-refractivity contribution in [3.63, 3.8) is 0 Å². The van der Waals surface area contributed by atoms with Gasteiger partial charge in [0, 0.05) is 52.8 Å². The smallest absolute Gasteiger partial charge is 0.229 e. The number of thiazole rings is 2. The van der Waals surface area contributed by atoms with Gasteiger partial charge < -0.3 is 20.5 Å². The number of hydrogen-bond donors (Lipinski definition) is 5. The first-order chi connectivity index (χ1) is 20.0. The van der Waals surface area contributed by atoms with Gasteiger partial charge in [0.25, 0.3) is 0 Å². The number of aromatic amines is 2. The van der Waals surface area contributed by atoms with Crippen molar-refractivity contribution in [2.24, 2.45) is 0 Å². The van der Waals surface area contributed by atoms with Crippen LogP contribution >= 0.6 is 22.7 Å². The Morgan fingerprint density at radius 3 is 1.78 bits per heavy atom. The predicted molar refractivity (Wildman–Crippen MR) is 156 cm³/mol. The van der Waals surface area contributed by atoms with Gasteiger partial charge in [-0.25, -0.2) is 29.9 Å². The number of aryl methyl sites for hydroxylation is 2. The summed E-state index contributed by atoms with van der Waals surface area (Å²) in [6, 6.07) is 3.68. The van der Waals surface area contributed by atoms with Gasteiger partial charge in [0.2, 0.25) is 11.9 Å². The van der Waals surface area contributed by atoms with Gasteiger partial charge >= 0.3 is 0 Å². The van der Waals surface area contributed by atoms with Crippen LogP contribution in [0.25, 0.3) is 22.5 Å². The molecule has 0 saturated heterocycles. The summed E-state index contributed by atoms with van der Waals surface area (Å²) in [5.41, 5.74) is 6.67. The predicted octanol–water partition coefficient (Wildman–Crippen LogP) is 4.39. The van der Waals surface area contributed by atoms with E-state index < -0.39 is 0 Å². The highest BCUT2D eigenvalue weighted by Gasteiger charge is 2.13. The van der Waals surface area contributed by atoms with E-state index in [4.69, 9.17) is 4.74 Å². The molecule has 0 spiro atoms. The van der Waals surface area contributed by atoms with Crippen LogP contribution in [0.15, 0.2) is 47.7 Å². The standard InChI is InChI=1S/C13H14N6OS.C12H12N6OS/c1-8-3-4-14-12(16-8)18-13-17-11(7-21-13)9-5-15-19-10(9)6-20-2;1-7-2-3-13-11(15-7)17-12-16-10(6-20-12)8-4-14-18-9(8)5-19/h3-5,7H,6H2,1-2H3,(H,15,19)(H,14,16,17,18);2-4,6,19H,5H2,1H3,(H,14,18)(H,13,15,16,17). The molecular weight excluding hydrogens is 564 g/mol. The van der Waals surface area contributed by atoms with Crippen molar-refractivity contribution >= 4 is 44.8 Å². The molecular formula is C25H26N12O2S2. The average molecular weight is 591 g/mol. The Labute approximate surface area is 242 Å². The first kappa shape index (κ1) is 27.9. The van der Waals surface area contributed by atoms with E-state index >= 15 is 0 Å². The lowest BCUT2D eigenvalue weighted by atomic mass is 10.2. The molecule has 0 aromatic carbocycles. The van der Waals surface area contributed by atoms with Crippen molar-refractivity contribution in [1.29, 1.82) is 0 Å². The van der Waals surface area contributed by atoms with Gasteiger partial charge in [-0.1, -0.05) is 0 Å². The Morgan fingerprint density at radius 2 is 1.29 bits per heavy atom. The summed E-state index contributed by atoms with van der Waals surface area (Å²) in [5.74, 6) is 1.06. The minimum atomic E-state index is -0.101. The molecule has 0 fully saturated rings. The normalized spacial score (nSPS) is 10.7. The summed E-state index contributed by atoms with van der Waals surface area (Å²) in [6.07, 6.45) is 6.80. The molecule has 16 heteroatoms. The van der Waals surface area contributed by atoms with Gasteiger partial charge in [0.1, 0.15) is 0 Å². The van der Waals surface area contributed by atoms with Crippen LogP contribution in [0, 0.1) is 13.8 Å². The van der Waals surface area contributed by atoms with Gasteiger partial charge in [0.15, 0.2) is 10.3 Å². The summed E-state index contributed by atoms with van der Waals surface area (Å²) in [5, 5.41) is 34.2. The van der Waals surface area contributed by atoms with Crippen molar-refractivity contribution in [3.05, 3.63) is 70.5 Å². The van der Waals surface area contributed by atoms with Crippen molar-refractivity contribution in [3.8, 4) is 22.5 Å². The Morgan fingerprint density at radius 1 is 0.780 bits per heavy atom. The lowest BCUT2D eigenvalue weighted by molar-refractivity contribution is 0.182. The van der Waals surface area contributed by atoms with Crippen LogP contribution in [0.2, 0.25) is 0 Å². The summed E-state index contributed by atoms with van der Waals surface area (Å²) < 4.78 is 5.13.